The summed E-state index contributed by atoms with van der Waals surface area (Å²) in [6.45, 7) is 3.82. The molecule has 0 amide bonds. The zero-order chi connectivity index (χ0) is 5.40. The maximum atomic E-state index is 3.35. The molecule has 2 fully saturated rings. The van der Waals surface area contributed by atoms with Gasteiger partial charge in [-0.15, -0.1) is 0 Å². The highest BCUT2D eigenvalue weighted by molar-refractivity contribution is 4.77. The van der Waals surface area contributed by atoms with Crippen molar-refractivity contribution in [3.63, 3.8) is 0 Å². The zero-order valence-electron chi connectivity index (χ0n) is 5.06. The van der Waals surface area contributed by atoms with E-state index in [0.717, 1.165) is 5.92 Å². The normalized spacial score (nSPS) is 45.0. The summed E-state index contributed by atoms with van der Waals surface area (Å²) >= 11 is 0. The summed E-state index contributed by atoms with van der Waals surface area (Å²) in [6.07, 6.45) is 2.85. The molecule has 0 saturated carbocycles. The Bertz CT molecular complexity index is 78.5. The number of nitrogens with zero attached hydrogens (tertiary/aromatic N) is 1. The molecule has 2 aliphatic rings. The molecule has 2 bridgehead atoms. The Balaban J connectivity index is 2.03. The Kier molecular flexibility index (Phi) is 1.02. The van der Waals surface area contributed by atoms with Gasteiger partial charge in [-0.05, 0) is 18.8 Å². The number of hydrogen-bond donors (Lipinski definition) is 1. The molecule has 0 aromatic heterocycles. The van der Waals surface area contributed by atoms with E-state index < -0.39 is 0 Å². The van der Waals surface area contributed by atoms with Crippen molar-refractivity contribution in [2.75, 3.05) is 19.6 Å². The highest BCUT2D eigenvalue weighted by Crippen LogP contribution is 2.18. The van der Waals surface area contributed by atoms with Gasteiger partial charge in [-0.1, -0.05) is 0 Å². The Morgan fingerprint density at radius 1 is 1.50 bits per heavy atom. The van der Waals surface area contributed by atoms with Gasteiger partial charge in [-0.3, -0.25) is 5.43 Å². The average Bonchev–Trinajstić information content (AvgIpc) is 2.12. The van der Waals surface area contributed by atoms with Crippen LogP contribution in [0, 0.1) is 5.92 Å². The van der Waals surface area contributed by atoms with Crippen LogP contribution in [0.25, 0.3) is 0 Å². The molecule has 2 nitrogen and oxygen atoms in total. The summed E-state index contributed by atoms with van der Waals surface area (Å²) in [7, 11) is 0. The number of hydrazine groups is 1. The molecule has 2 atom stereocenters. The number of piperidine rings is 1. The van der Waals surface area contributed by atoms with Crippen LogP contribution < -0.4 is 5.43 Å². The predicted octanol–water partition coefficient (Wildman–Crippen LogP) is 0.217. The Morgan fingerprint density at radius 3 is 3.25 bits per heavy atom. The lowest BCUT2D eigenvalue weighted by molar-refractivity contribution is 0.217. The highest BCUT2D eigenvalue weighted by Gasteiger charge is 2.25. The molecule has 0 spiro atoms. The van der Waals surface area contributed by atoms with Gasteiger partial charge in [0, 0.05) is 19.6 Å². The molecular formula is C6H12N2. The van der Waals surface area contributed by atoms with Crippen molar-refractivity contribution < 1.29 is 0 Å². The van der Waals surface area contributed by atoms with Crippen molar-refractivity contribution in [2.24, 2.45) is 5.92 Å². The molecule has 0 aromatic rings. The lowest BCUT2D eigenvalue weighted by atomic mass is 10.0. The minimum absolute atomic E-state index is 0.976. The van der Waals surface area contributed by atoms with Crippen LogP contribution in [-0.2, 0) is 0 Å². The van der Waals surface area contributed by atoms with Gasteiger partial charge in [0.2, 0.25) is 0 Å². The molecule has 1 N–H and O–H groups in total. The quantitative estimate of drug-likeness (QED) is 0.482. The van der Waals surface area contributed by atoms with Crippen LogP contribution in [0.1, 0.15) is 12.8 Å². The van der Waals surface area contributed by atoms with Gasteiger partial charge in [0.15, 0.2) is 0 Å². The first-order chi connectivity index (χ1) is 3.95. The molecule has 2 rings (SSSR count). The monoisotopic (exact) mass is 112 g/mol. The van der Waals surface area contributed by atoms with E-state index >= 15 is 0 Å². The van der Waals surface area contributed by atoms with E-state index in [4.69, 9.17) is 0 Å². The van der Waals surface area contributed by atoms with E-state index in [1.165, 1.54) is 32.5 Å². The van der Waals surface area contributed by atoms with E-state index in [-0.39, 0.29) is 0 Å². The second-order valence-corrected chi connectivity index (χ2v) is 2.82. The van der Waals surface area contributed by atoms with Crippen molar-refractivity contribution in [1.82, 2.24) is 10.4 Å². The third kappa shape index (κ3) is 0.644. The summed E-state index contributed by atoms with van der Waals surface area (Å²) in [5.41, 5.74) is 3.35. The largest absolute Gasteiger partial charge is 0.255 e. The fourth-order valence-corrected chi connectivity index (χ4v) is 1.63. The van der Waals surface area contributed by atoms with Gasteiger partial charge in [-0.2, -0.15) is 0 Å². The molecule has 0 radical (unpaired) electrons. The summed E-state index contributed by atoms with van der Waals surface area (Å²) < 4.78 is 0. The van der Waals surface area contributed by atoms with Crippen LogP contribution in [0.5, 0.6) is 0 Å². The fourth-order valence-electron chi connectivity index (χ4n) is 1.63. The van der Waals surface area contributed by atoms with E-state index in [9.17, 15) is 0 Å². The van der Waals surface area contributed by atoms with Gasteiger partial charge in [-0.25, -0.2) is 5.01 Å². The second-order valence-electron chi connectivity index (χ2n) is 2.82. The summed E-state index contributed by atoms with van der Waals surface area (Å²) in [5, 5.41) is 2.34. The standard InChI is InChI=1S/C6H12N2/c1-2-6-4-7-8(3-1)5-6/h6-7H,1-5H2. The first kappa shape index (κ1) is 4.77. The Hall–Kier alpha value is -0.0800. The van der Waals surface area contributed by atoms with Crippen molar-refractivity contribution in [3.05, 3.63) is 0 Å². The molecule has 0 aliphatic carbocycles. The van der Waals surface area contributed by atoms with Crippen LogP contribution >= 0.6 is 0 Å². The lowest BCUT2D eigenvalue weighted by Gasteiger charge is -2.19. The van der Waals surface area contributed by atoms with Crippen LogP contribution in [0.4, 0.5) is 0 Å². The molecule has 2 aliphatic heterocycles. The molecule has 2 heterocycles. The third-order valence-corrected chi connectivity index (χ3v) is 2.12. The lowest BCUT2D eigenvalue weighted by Crippen LogP contribution is -2.32. The predicted molar refractivity (Wildman–Crippen MR) is 32.3 cm³/mol. The number of nitrogens with one attached hydrogen (secondary N) is 1. The molecule has 2 saturated heterocycles. The minimum Gasteiger partial charge on any atom is -0.255 e. The number of rotatable bonds is 0. The molecule has 2 heteroatoms. The highest BCUT2D eigenvalue weighted by atomic mass is 15.5. The van der Waals surface area contributed by atoms with Crippen molar-refractivity contribution in [2.45, 2.75) is 12.8 Å². The van der Waals surface area contributed by atoms with Gasteiger partial charge in [0.25, 0.3) is 0 Å². The van der Waals surface area contributed by atoms with Crippen LogP contribution in [0.15, 0.2) is 0 Å². The Labute approximate surface area is 49.8 Å². The van der Waals surface area contributed by atoms with Gasteiger partial charge < -0.3 is 0 Å². The smallest absolute Gasteiger partial charge is 0.0172 e. The fraction of sp³-hybridized carbons (Fsp3) is 1.00. The topological polar surface area (TPSA) is 15.3 Å². The zero-order valence-corrected chi connectivity index (χ0v) is 5.06. The summed E-state index contributed by atoms with van der Waals surface area (Å²) in [6, 6.07) is 0. The number of hydrogen-bond acceptors (Lipinski definition) is 2. The SMILES string of the molecule is C1CC2CNN(C1)C2. The van der Waals surface area contributed by atoms with E-state index in [2.05, 4.69) is 10.4 Å². The van der Waals surface area contributed by atoms with E-state index in [1.54, 1.807) is 0 Å². The van der Waals surface area contributed by atoms with Gasteiger partial charge in [0.1, 0.15) is 0 Å². The molecule has 46 valence electrons. The number of fused-ring (bicyclic) bond motifs is 2. The Morgan fingerprint density at radius 2 is 2.50 bits per heavy atom. The van der Waals surface area contributed by atoms with Crippen LogP contribution in [-0.4, -0.2) is 24.6 Å². The first-order valence-corrected chi connectivity index (χ1v) is 3.43. The maximum absolute atomic E-state index is 3.35. The van der Waals surface area contributed by atoms with Crippen molar-refractivity contribution in [1.29, 1.82) is 0 Å². The summed E-state index contributed by atoms with van der Waals surface area (Å²) in [4.78, 5) is 0. The van der Waals surface area contributed by atoms with Gasteiger partial charge >= 0.3 is 0 Å². The first-order valence-electron chi connectivity index (χ1n) is 3.43. The van der Waals surface area contributed by atoms with Crippen LogP contribution in [0.3, 0.4) is 0 Å². The molecule has 8 heavy (non-hydrogen) atoms. The summed E-state index contributed by atoms with van der Waals surface area (Å²) in [5.74, 6) is 0.976. The third-order valence-electron chi connectivity index (χ3n) is 2.12. The second kappa shape index (κ2) is 1.71. The molecule has 2 unspecified atom stereocenters. The molecule has 0 aromatic carbocycles. The minimum atomic E-state index is 0.976. The maximum Gasteiger partial charge on any atom is 0.0172 e. The van der Waals surface area contributed by atoms with E-state index in [1.807, 2.05) is 0 Å². The van der Waals surface area contributed by atoms with Crippen molar-refractivity contribution in [3.8, 4) is 0 Å². The average molecular weight is 112 g/mol. The van der Waals surface area contributed by atoms with Crippen LogP contribution in [0.2, 0.25) is 0 Å². The molecular weight excluding hydrogens is 100 g/mol. The van der Waals surface area contributed by atoms with Crippen molar-refractivity contribution >= 4 is 0 Å². The van der Waals surface area contributed by atoms with Gasteiger partial charge in [0.05, 0.1) is 0 Å². The van der Waals surface area contributed by atoms with E-state index in [0.29, 0.717) is 0 Å².